The van der Waals surface area contributed by atoms with Crippen molar-refractivity contribution in [2.45, 2.75) is 58.2 Å². The molecule has 1 N–H and O–H groups in total. The number of nitrogens with zero attached hydrogens (tertiary/aromatic N) is 3. The number of rotatable bonds is 4. The molecule has 1 saturated heterocycles. The lowest BCUT2D eigenvalue weighted by atomic mass is 10.0. The van der Waals surface area contributed by atoms with Crippen molar-refractivity contribution in [3.8, 4) is 0 Å². The summed E-state index contributed by atoms with van der Waals surface area (Å²) in [5.74, 6) is 0. The van der Waals surface area contributed by atoms with E-state index in [1.54, 1.807) is 6.20 Å². The lowest BCUT2D eigenvalue weighted by Gasteiger charge is -2.36. The summed E-state index contributed by atoms with van der Waals surface area (Å²) in [5.41, 5.74) is 0.370. The smallest absolute Gasteiger partial charge is 0.410 e. The molecule has 0 bridgehead atoms. The van der Waals surface area contributed by atoms with Crippen molar-refractivity contribution in [1.82, 2.24) is 20.2 Å². The Morgan fingerprint density at radius 3 is 2.96 bits per heavy atom. The van der Waals surface area contributed by atoms with E-state index in [-0.39, 0.29) is 17.4 Å². The third-order valence-corrected chi connectivity index (χ3v) is 3.81. The Morgan fingerprint density at radius 1 is 1.48 bits per heavy atom. The average molecular weight is 341 g/mol. The fourth-order valence-electron chi connectivity index (χ4n) is 2.61. The minimum atomic E-state index is -0.468. The quantitative estimate of drug-likeness (QED) is 0.853. The molecule has 0 spiro atoms. The fourth-order valence-corrected chi connectivity index (χ4v) is 2.77. The number of hydrogen-bond donors (Lipinski definition) is 1. The van der Waals surface area contributed by atoms with Crippen molar-refractivity contribution in [2.75, 3.05) is 13.1 Å². The summed E-state index contributed by atoms with van der Waals surface area (Å²) in [6, 6.07) is 1.97. The molecule has 128 valence electrons. The Kier molecular flexibility index (Phi) is 6.18. The van der Waals surface area contributed by atoms with Gasteiger partial charge in [0.15, 0.2) is 0 Å². The van der Waals surface area contributed by atoms with Gasteiger partial charge in [-0.25, -0.2) is 14.8 Å². The van der Waals surface area contributed by atoms with E-state index in [1.165, 1.54) is 0 Å². The van der Waals surface area contributed by atoms with Gasteiger partial charge in [-0.1, -0.05) is 0 Å². The second kappa shape index (κ2) is 7.93. The number of hydrogen-bond acceptors (Lipinski definition) is 5. The number of halogens is 1. The highest BCUT2D eigenvalue weighted by atomic mass is 35.5. The van der Waals surface area contributed by atoms with Crippen LogP contribution in [0.5, 0.6) is 0 Å². The number of carbonyl (C=O) groups excluding carboxylic acids is 1. The summed E-state index contributed by atoms with van der Waals surface area (Å²) >= 11 is 5.78. The first kappa shape index (κ1) is 17.9. The van der Waals surface area contributed by atoms with Crippen LogP contribution in [0.3, 0.4) is 0 Å². The summed E-state index contributed by atoms with van der Waals surface area (Å²) in [5, 5.41) is 3.60. The Hall–Kier alpha value is -1.40. The van der Waals surface area contributed by atoms with Crippen LogP contribution >= 0.6 is 11.6 Å². The molecule has 1 aromatic rings. The lowest BCUT2D eigenvalue weighted by Crippen LogP contribution is -2.50. The number of ether oxygens (including phenoxy) is 1. The molecule has 2 rings (SSSR count). The van der Waals surface area contributed by atoms with Crippen molar-refractivity contribution < 1.29 is 9.53 Å². The second-order valence-electron chi connectivity index (χ2n) is 6.77. The van der Waals surface area contributed by atoms with Gasteiger partial charge in [-0.2, -0.15) is 0 Å². The van der Waals surface area contributed by atoms with Gasteiger partial charge in [0.1, 0.15) is 5.60 Å². The molecule has 0 saturated carbocycles. The third-order valence-electron chi connectivity index (χ3n) is 3.63. The van der Waals surface area contributed by atoms with Crippen molar-refractivity contribution >= 4 is 17.7 Å². The number of likely N-dealkylation sites (tertiary alicyclic amines) is 1. The van der Waals surface area contributed by atoms with Crippen LogP contribution in [0.25, 0.3) is 0 Å². The molecule has 1 atom stereocenters. The standard InChI is InChI=1S/C16H25ClN4O2/c1-16(2,3)23-15(22)21-9-5-4-6-13(21)11-18-10-12-7-8-19-14(17)20-12/h7-8,13,18H,4-6,9-11H2,1-3H3/t13-/m0/s1. The van der Waals surface area contributed by atoms with E-state index in [0.29, 0.717) is 13.1 Å². The maximum atomic E-state index is 12.3. The highest BCUT2D eigenvalue weighted by Gasteiger charge is 2.30. The van der Waals surface area contributed by atoms with Crippen molar-refractivity contribution in [2.24, 2.45) is 0 Å². The Morgan fingerprint density at radius 2 is 2.26 bits per heavy atom. The van der Waals surface area contributed by atoms with Crippen LogP contribution in [0, 0.1) is 0 Å². The van der Waals surface area contributed by atoms with Gasteiger partial charge in [-0.3, -0.25) is 0 Å². The zero-order valence-electron chi connectivity index (χ0n) is 14.0. The van der Waals surface area contributed by atoms with Gasteiger partial charge in [0.25, 0.3) is 0 Å². The maximum absolute atomic E-state index is 12.3. The molecule has 1 amide bonds. The molecular weight excluding hydrogens is 316 g/mol. The maximum Gasteiger partial charge on any atom is 0.410 e. The van der Waals surface area contributed by atoms with E-state index in [9.17, 15) is 4.79 Å². The molecule has 1 fully saturated rings. The summed E-state index contributed by atoms with van der Waals surface area (Å²) < 4.78 is 5.51. The lowest BCUT2D eigenvalue weighted by molar-refractivity contribution is 0.00993. The van der Waals surface area contributed by atoms with Crippen LogP contribution in [-0.4, -0.2) is 45.7 Å². The molecule has 1 aliphatic rings. The van der Waals surface area contributed by atoms with E-state index in [0.717, 1.165) is 31.5 Å². The summed E-state index contributed by atoms with van der Waals surface area (Å²) in [6.45, 7) is 7.73. The van der Waals surface area contributed by atoms with Gasteiger partial charge >= 0.3 is 6.09 Å². The number of aromatic nitrogens is 2. The van der Waals surface area contributed by atoms with E-state index in [4.69, 9.17) is 16.3 Å². The number of amides is 1. The molecule has 7 heteroatoms. The van der Waals surface area contributed by atoms with Crippen molar-refractivity contribution in [3.05, 3.63) is 23.2 Å². The SMILES string of the molecule is CC(C)(C)OC(=O)N1CCCC[C@H]1CNCc1ccnc(Cl)n1. The molecule has 0 unspecified atom stereocenters. The van der Waals surface area contributed by atoms with Crippen LogP contribution < -0.4 is 5.32 Å². The topological polar surface area (TPSA) is 67.3 Å². The van der Waals surface area contributed by atoms with Crippen LogP contribution in [-0.2, 0) is 11.3 Å². The molecule has 0 aliphatic carbocycles. The molecule has 1 aliphatic heterocycles. The molecule has 1 aromatic heterocycles. The number of piperidine rings is 1. The van der Waals surface area contributed by atoms with Crippen LogP contribution in [0.4, 0.5) is 4.79 Å². The van der Waals surface area contributed by atoms with E-state index in [2.05, 4.69) is 15.3 Å². The average Bonchev–Trinajstić information content (AvgIpc) is 2.46. The van der Waals surface area contributed by atoms with Crippen LogP contribution in [0.2, 0.25) is 5.28 Å². The highest BCUT2D eigenvalue weighted by Crippen LogP contribution is 2.20. The van der Waals surface area contributed by atoms with Crippen LogP contribution in [0.15, 0.2) is 12.3 Å². The first-order valence-corrected chi connectivity index (χ1v) is 8.41. The molecule has 6 nitrogen and oxygen atoms in total. The van der Waals surface area contributed by atoms with E-state index < -0.39 is 5.60 Å². The Balaban J connectivity index is 1.87. The Bertz CT molecular complexity index is 533. The number of nitrogens with one attached hydrogen (secondary N) is 1. The minimum absolute atomic E-state index is 0.149. The summed E-state index contributed by atoms with van der Waals surface area (Å²) in [6.07, 6.45) is 4.55. The van der Waals surface area contributed by atoms with Gasteiger partial charge in [0.05, 0.1) is 5.69 Å². The summed E-state index contributed by atoms with van der Waals surface area (Å²) in [4.78, 5) is 22.2. The predicted octanol–water partition coefficient (Wildman–Crippen LogP) is 3.01. The fraction of sp³-hybridized carbons (Fsp3) is 0.688. The summed E-state index contributed by atoms with van der Waals surface area (Å²) in [7, 11) is 0. The first-order chi connectivity index (χ1) is 10.8. The van der Waals surface area contributed by atoms with E-state index in [1.807, 2.05) is 31.7 Å². The van der Waals surface area contributed by atoms with E-state index >= 15 is 0 Å². The van der Waals surface area contributed by atoms with Crippen molar-refractivity contribution in [3.63, 3.8) is 0 Å². The zero-order chi connectivity index (χ0) is 16.9. The highest BCUT2D eigenvalue weighted by molar-refractivity contribution is 6.28. The largest absolute Gasteiger partial charge is 0.444 e. The van der Waals surface area contributed by atoms with Gasteiger partial charge in [-0.05, 0) is 57.7 Å². The number of carbonyl (C=O) groups is 1. The molecular formula is C16H25ClN4O2. The zero-order valence-corrected chi connectivity index (χ0v) is 14.8. The molecule has 23 heavy (non-hydrogen) atoms. The van der Waals surface area contributed by atoms with Gasteiger partial charge in [-0.15, -0.1) is 0 Å². The minimum Gasteiger partial charge on any atom is -0.444 e. The first-order valence-electron chi connectivity index (χ1n) is 8.03. The van der Waals surface area contributed by atoms with Crippen LogP contribution in [0.1, 0.15) is 45.7 Å². The normalized spacial score (nSPS) is 18.8. The van der Waals surface area contributed by atoms with Crippen molar-refractivity contribution in [1.29, 1.82) is 0 Å². The third kappa shape index (κ3) is 5.95. The predicted molar refractivity (Wildman–Crippen MR) is 89.3 cm³/mol. The second-order valence-corrected chi connectivity index (χ2v) is 7.11. The molecule has 0 radical (unpaired) electrons. The van der Waals surface area contributed by atoms with Gasteiger partial charge in [0.2, 0.25) is 5.28 Å². The van der Waals surface area contributed by atoms with Gasteiger partial charge in [0, 0.05) is 31.9 Å². The molecule has 2 heterocycles. The molecule has 0 aromatic carbocycles. The van der Waals surface area contributed by atoms with Gasteiger partial charge < -0.3 is 15.0 Å². The Labute approximate surface area is 142 Å². The monoisotopic (exact) mass is 340 g/mol.